The maximum atomic E-state index is 11.7. The molecule has 1 rings (SSSR count). The third-order valence-corrected chi connectivity index (χ3v) is 2.81. The van der Waals surface area contributed by atoms with Gasteiger partial charge >= 0.3 is 0 Å². The highest BCUT2D eigenvalue weighted by Gasteiger charge is 2.09. The molecule has 4 heteroatoms. The monoisotopic (exact) mass is 299 g/mol. The molecule has 0 heterocycles. The summed E-state index contributed by atoms with van der Waals surface area (Å²) in [5, 5.41) is 3.31. The van der Waals surface area contributed by atoms with E-state index in [2.05, 4.69) is 33.1 Å². The van der Waals surface area contributed by atoms with Crippen molar-refractivity contribution in [3.63, 3.8) is 0 Å². The number of halogens is 2. The maximum absolute atomic E-state index is 11.7. The summed E-state index contributed by atoms with van der Waals surface area (Å²) in [6, 6.07) is 5.11. The molecule has 2 nitrogen and oxygen atoms in total. The molecule has 0 saturated heterocycles. The number of hydrogen-bond acceptors (Lipinski definition) is 1. The van der Waals surface area contributed by atoms with Gasteiger partial charge in [-0.15, -0.1) is 11.8 Å². The van der Waals surface area contributed by atoms with Crippen LogP contribution in [-0.2, 0) is 0 Å². The van der Waals surface area contributed by atoms with Gasteiger partial charge < -0.3 is 5.32 Å². The molecule has 0 atom stereocenters. The molecule has 16 heavy (non-hydrogen) atoms. The van der Waals surface area contributed by atoms with Crippen molar-refractivity contribution in [3.05, 3.63) is 33.3 Å². The normalized spacial score (nSPS) is 9.19. The topological polar surface area (TPSA) is 29.1 Å². The lowest BCUT2D eigenvalue weighted by Crippen LogP contribution is -2.24. The zero-order valence-corrected chi connectivity index (χ0v) is 11.2. The molecule has 0 fully saturated rings. The van der Waals surface area contributed by atoms with Crippen molar-refractivity contribution in [2.75, 3.05) is 6.54 Å². The summed E-state index contributed by atoms with van der Waals surface area (Å²) in [6.07, 6.45) is 0.653. The zero-order valence-electron chi connectivity index (χ0n) is 8.81. The number of carbonyl (C=O) groups is 1. The molecule has 0 aliphatic carbocycles. The average molecular weight is 301 g/mol. The van der Waals surface area contributed by atoms with Crippen LogP contribution in [0.15, 0.2) is 22.7 Å². The smallest absolute Gasteiger partial charge is 0.252 e. The largest absolute Gasteiger partial charge is 0.351 e. The van der Waals surface area contributed by atoms with E-state index in [-0.39, 0.29) is 5.91 Å². The molecule has 1 amide bonds. The van der Waals surface area contributed by atoms with Gasteiger partial charge in [0, 0.05) is 22.5 Å². The summed E-state index contributed by atoms with van der Waals surface area (Å²) in [6.45, 7) is 2.31. The molecule has 1 N–H and O–H groups in total. The van der Waals surface area contributed by atoms with Crippen molar-refractivity contribution in [3.8, 4) is 11.8 Å². The van der Waals surface area contributed by atoms with Crippen molar-refractivity contribution in [2.45, 2.75) is 13.3 Å². The first-order valence-electron chi connectivity index (χ1n) is 4.78. The first-order chi connectivity index (χ1) is 7.65. The van der Waals surface area contributed by atoms with E-state index in [9.17, 15) is 4.79 Å². The fraction of sp³-hybridized carbons (Fsp3) is 0.250. The van der Waals surface area contributed by atoms with Gasteiger partial charge in [0.1, 0.15) is 0 Å². The molecule has 1 aromatic carbocycles. The quantitative estimate of drug-likeness (QED) is 0.674. The molecule has 0 unspecified atom stereocenters. The van der Waals surface area contributed by atoms with E-state index >= 15 is 0 Å². The van der Waals surface area contributed by atoms with Gasteiger partial charge in [-0.2, -0.15) is 0 Å². The third-order valence-electron chi connectivity index (χ3n) is 1.89. The first-order valence-corrected chi connectivity index (χ1v) is 5.95. The Labute approximate surface area is 109 Å². The van der Waals surface area contributed by atoms with Crippen molar-refractivity contribution in [1.82, 2.24) is 5.32 Å². The fourth-order valence-corrected chi connectivity index (χ4v) is 1.73. The van der Waals surface area contributed by atoms with Crippen molar-refractivity contribution in [2.24, 2.45) is 0 Å². The second kappa shape index (κ2) is 6.57. The standard InChI is InChI=1S/C12H11BrClNO/c1-2-3-4-7-15-12(16)10-8-9(14)5-6-11(10)13/h5-6,8H,4,7H2,1H3,(H,15,16). The van der Waals surface area contributed by atoms with Crippen LogP contribution >= 0.6 is 27.5 Å². The van der Waals surface area contributed by atoms with E-state index in [0.29, 0.717) is 23.6 Å². The van der Waals surface area contributed by atoms with Crippen molar-refractivity contribution < 1.29 is 4.79 Å². The first kappa shape index (κ1) is 13.1. The molecule has 0 saturated carbocycles. The minimum atomic E-state index is -0.146. The van der Waals surface area contributed by atoms with Crippen LogP contribution in [0.25, 0.3) is 0 Å². The highest BCUT2D eigenvalue weighted by atomic mass is 79.9. The Morgan fingerprint density at radius 2 is 2.31 bits per heavy atom. The Balaban J connectivity index is 2.64. The summed E-state index contributed by atoms with van der Waals surface area (Å²) in [5.74, 6) is 5.50. The van der Waals surface area contributed by atoms with Gasteiger partial charge in [0.25, 0.3) is 5.91 Å². The van der Waals surface area contributed by atoms with Crippen molar-refractivity contribution >= 4 is 33.4 Å². The third kappa shape index (κ3) is 3.88. The number of amides is 1. The molecule has 84 valence electrons. The average Bonchev–Trinajstić information content (AvgIpc) is 2.27. The SMILES string of the molecule is CC#CCCNC(=O)c1cc(Cl)ccc1Br. The van der Waals surface area contributed by atoms with Crippen LogP contribution in [0, 0.1) is 11.8 Å². The lowest BCUT2D eigenvalue weighted by atomic mass is 10.2. The minimum Gasteiger partial charge on any atom is -0.351 e. The van der Waals surface area contributed by atoms with Gasteiger partial charge in [-0.25, -0.2) is 0 Å². The minimum absolute atomic E-state index is 0.146. The van der Waals surface area contributed by atoms with Gasteiger partial charge in [0.15, 0.2) is 0 Å². The summed E-state index contributed by atoms with van der Waals surface area (Å²) in [5.41, 5.74) is 0.539. The van der Waals surface area contributed by atoms with Crippen molar-refractivity contribution in [1.29, 1.82) is 0 Å². The fourth-order valence-electron chi connectivity index (χ4n) is 1.13. The summed E-state index contributed by atoms with van der Waals surface area (Å²) in [7, 11) is 0. The number of nitrogens with one attached hydrogen (secondary N) is 1. The van der Waals surface area contributed by atoms with Gasteiger partial charge in [-0.05, 0) is 41.1 Å². The van der Waals surface area contributed by atoms with Crippen LogP contribution in [0.2, 0.25) is 5.02 Å². The Kier molecular flexibility index (Phi) is 5.37. The van der Waals surface area contributed by atoms with Gasteiger partial charge in [-0.3, -0.25) is 4.79 Å². The number of rotatable bonds is 3. The van der Waals surface area contributed by atoms with Crippen LogP contribution in [0.5, 0.6) is 0 Å². The molecule has 0 aliphatic rings. The molecular weight excluding hydrogens is 289 g/mol. The van der Waals surface area contributed by atoms with E-state index in [1.165, 1.54) is 0 Å². The Hall–Kier alpha value is -0.980. The Morgan fingerprint density at radius 3 is 3.00 bits per heavy atom. The second-order valence-electron chi connectivity index (χ2n) is 3.06. The molecule has 0 aromatic heterocycles. The summed E-state index contributed by atoms with van der Waals surface area (Å²) in [4.78, 5) is 11.7. The summed E-state index contributed by atoms with van der Waals surface area (Å²) >= 11 is 9.13. The lowest BCUT2D eigenvalue weighted by Gasteiger charge is -2.05. The van der Waals surface area contributed by atoms with E-state index in [1.54, 1.807) is 25.1 Å². The van der Waals surface area contributed by atoms with Crippen LogP contribution in [0.4, 0.5) is 0 Å². The van der Waals surface area contributed by atoms with Crippen LogP contribution < -0.4 is 5.32 Å². The highest BCUT2D eigenvalue weighted by molar-refractivity contribution is 9.10. The molecule has 0 radical (unpaired) electrons. The Morgan fingerprint density at radius 1 is 1.56 bits per heavy atom. The number of hydrogen-bond donors (Lipinski definition) is 1. The molecular formula is C12H11BrClNO. The summed E-state index contributed by atoms with van der Waals surface area (Å²) < 4.78 is 0.732. The van der Waals surface area contributed by atoms with Crippen LogP contribution in [0.1, 0.15) is 23.7 Å². The van der Waals surface area contributed by atoms with Gasteiger partial charge in [0.2, 0.25) is 0 Å². The zero-order chi connectivity index (χ0) is 12.0. The van der Waals surface area contributed by atoms with Gasteiger partial charge in [0.05, 0.1) is 5.56 Å². The van der Waals surface area contributed by atoms with E-state index in [4.69, 9.17) is 11.6 Å². The second-order valence-corrected chi connectivity index (χ2v) is 4.35. The molecule has 1 aromatic rings. The van der Waals surface area contributed by atoms with E-state index < -0.39 is 0 Å². The maximum Gasteiger partial charge on any atom is 0.252 e. The van der Waals surface area contributed by atoms with Crippen LogP contribution in [0.3, 0.4) is 0 Å². The predicted octanol–water partition coefficient (Wildman–Crippen LogP) is 3.25. The highest BCUT2D eigenvalue weighted by Crippen LogP contribution is 2.20. The number of benzene rings is 1. The van der Waals surface area contributed by atoms with Crippen LogP contribution in [-0.4, -0.2) is 12.5 Å². The van der Waals surface area contributed by atoms with E-state index in [1.807, 2.05) is 0 Å². The Bertz CT molecular complexity index is 448. The molecule has 0 spiro atoms. The van der Waals surface area contributed by atoms with Gasteiger partial charge in [-0.1, -0.05) is 11.6 Å². The number of carbonyl (C=O) groups excluding carboxylic acids is 1. The lowest BCUT2D eigenvalue weighted by molar-refractivity contribution is 0.0954. The van der Waals surface area contributed by atoms with E-state index in [0.717, 1.165) is 4.47 Å². The predicted molar refractivity (Wildman–Crippen MR) is 69.6 cm³/mol. The molecule has 0 aliphatic heterocycles. The molecule has 0 bridgehead atoms.